The Morgan fingerprint density at radius 1 is 1.08 bits per heavy atom. The number of nitrogens with zero attached hydrogens (tertiary/aromatic N) is 1. The molecule has 2 aromatic rings. The van der Waals surface area contributed by atoms with Crippen LogP contribution in [0.25, 0.3) is 0 Å². The molecular weight excluding hydrogens is 304 g/mol. The first-order chi connectivity index (χ1) is 11.6. The molecule has 0 heterocycles. The van der Waals surface area contributed by atoms with Gasteiger partial charge in [0.1, 0.15) is 11.5 Å². The molecule has 0 aromatic heterocycles. The van der Waals surface area contributed by atoms with Crippen molar-refractivity contribution < 1.29 is 14.3 Å². The van der Waals surface area contributed by atoms with E-state index in [-0.39, 0.29) is 5.91 Å². The van der Waals surface area contributed by atoms with Gasteiger partial charge in [-0.2, -0.15) is 5.10 Å². The highest BCUT2D eigenvalue weighted by Crippen LogP contribution is 2.13. The number of hydrazone groups is 1. The predicted molar refractivity (Wildman–Crippen MR) is 94.8 cm³/mol. The molecule has 0 saturated heterocycles. The summed E-state index contributed by atoms with van der Waals surface area (Å²) in [4.78, 5) is 12.0. The molecule has 0 unspecified atom stereocenters. The summed E-state index contributed by atoms with van der Waals surface area (Å²) in [5.74, 6) is 1.72. The third-order valence-electron chi connectivity index (χ3n) is 3.20. The Morgan fingerprint density at radius 3 is 2.29 bits per heavy atom. The molecular formula is C19H22N2O3. The first kappa shape index (κ1) is 17.5. The number of rotatable bonds is 7. The number of benzene rings is 2. The van der Waals surface area contributed by atoms with Crippen LogP contribution in [0.2, 0.25) is 0 Å². The highest BCUT2D eigenvalue weighted by atomic mass is 16.5. The van der Waals surface area contributed by atoms with Crippen LogP contribution in [0.15, 0.2) is 53.6 Å². The summed E-state index contributed by atoms with van der Waals surface area (Å²) in [6.45, 7) is 4.82. The van der Waals surface area contributed by atoms with Crippen molar-refractivity contribution in [3.05, 3.63) is 59.7 Å². The van der Waals surface area contributed by atoms with Gasteiger partial charge in [0.15, 0.2) is 0 Å². The Balaban J connectivity index is 1.88. The molecule has 0 saturated carbocycles. The molecule has 0 aliphatic rings. The lowest BCUT2D eigenvalue weighted by Crippen LogP contribution is -2.17. The minimum atomic E-state index is -0.268. The number of nitrogens with one attached hydrogen (secondary N) is 1. The molecule has 1 amide bonds. The second-order valence-corrected chi connectivity index (χ2v) is 5.70. The minimum Gasteiger partial charge on any atom is -0.497 e. The number of hydrogen-bond donors (Lipinski definition) is 1. The SMILES string of the molecule is COc1ccc(/C=N/NC(=O)c2ccc(OCC(C)C)cc2)cc1. The van der Waals surface area contributed by atoms with Crippen molar-refractivity contribution in [1.82, 2.24) is 5.43 Å². The summed E-state index contributed by atoms with van der Waals surface area (Å²) in [6, 6.07) is 14.4. The fraction of sp³-hybridized carbons (Fsp3) is 0.263. The van der Waals surface area contributed by atoms with Crippen molar-refractivity contribution in [2.75, 3.05) is 13.7 Å². The molecule has 0 radical (unpaired) electrons. The molecule has 0 aliphatic heterocycles. The van der Waals surface area contributed by atoms with E-state index in [1.54, 1.807) is 37.6 Å². The van der Waals surface area contributed by atoms with Crippen molar-refractivity contribution in [1.29, 1.82) is 0 Å². The Hall–Kier alpha value is -2.82. The van der Waals surface area contributed by atoms with Crippen molar-refractivity contribution >= 4 is 12.1 Å². The van der Waals surface area contributed by atoms with E-state index in [9.17, 15) is 4.79 Å². The molecule has 0 spiro atoms. The number of hydrogen-bond acceptors (Lipinski definition) is 4. The zero-order valence-electron chi connectivity index (χ0n) is 14.2. The molecule has 0 bridgehead atoms. The van der Waals surface area contributed by atoms with Gasteiger partial charge >= 0.3 is 0 Å². The molecule has 0 aliphatic carbocycles. The van der Waals surface area contributed by atoms with Gasteiger partial charge in [-0.25, -0.2) is 5.43 Å². The molecule has 5 heteroatoms. The maximum absolute atomic E-state index is 12.0. The number of amides is 1. The fourth-order valence-corrected chi connectivity index (χ4v) is 1.89. The number of ether oxygens (including phenoxy) is 2. The molecule has 1 N–H and O–H groups in total. The van der Waals surface area contributed by atoms with Crippen molar-refractivity contribution in [3.8, 4) is 11.5 Å². The lowest BCUT2D eigenvalue weighted by atomic mass is 10.2. The van der Waals surface area contributed by atoms with Gasteiger partial charge in [-0.3, -0.25) is 4.79 Å². The third-order valence-corrected chi connectivity index (χ3v) is 3.20. The Bertz CT molecular complexity index is 677. The van der Waals surface area contributed by atoms with Crippen molar-refractivity contribution in [3.63, 3.8) is 0 Å². The predicted octanol–water partition coefficient (Wildman–Crippen LogP) is 3.49. The highest BCUT2D eigenvalue weighted by Gasteiger charge is 2.04. The van der Waals surface area contributed by atoms with Gasteiger partial charge in [-0.1, -0.05) is 13.8 Å². The molecule has 0 fully saturated rings. The van der Waals surface area contributed by atoms with Crippen LogP contribution < -0.4 is 14.9 Å². The molecule has 126 valence electrons. The van der Waals surface area contributed by atoms with Gasteiger partial charge in [0.05, 0.1) is 19.9 Å². The van der Waals surface area contributed by atoms with E-state index in [1.165, 1.54) is 0 Å². The first-order valence-corrected chi connectivity index (χ1v) is 7.79. The average Bonchev–Trinajstić information content (AvgIpc) is 2.61. The maximum atomic E-state index is 12.0. The lowest BCUT2D eigenvalue weighted by molar-refractivity contribution is 0.0955. The average molecular weight is 326 g/mol. The van der Waals surface area contributed by atoms with Crippen LogP contribution in [-0.4, -0.2) is 25.8 Å². The van der Waals surface area contributed by atoms with Gasteiger partial charge in [0, 0.05) is 5.56 Å². The smallest absolute Gasteiger partial charge is 0.271 e. The van der Waals surface area contributed by atoms with Crippen LogP contribution in [-0.2, 0) is 0 Å². The van der Waals surface area contributed by atoms with E-state index < -0.39 is 0 Å². The summed E-state index contributed by atoms with van der Waals surface area (Å²) in [6.07, 6.45) is 1.58. The quantitative estimate of drug-likeness (QED) is 0.626. The monoisotopic (exact) mass is 326 g/mol. The van der Waals surface area contributed by atoms with Gasteiger partial charge in [0.2, 0.25) is 0 Å². The van der Waals surface area contributed by atoms with E-state index >= 15 is 0 Å². The van der Waals surface area contributed by atoms with Crippen LogP contribution >= 0.6 is 0 Å². The summed E-state index contributed by atoms with van der Waals surface area (Å²) in [7, 11) is 1.61. The maximum Gasteiger partial charge on any atom is 0.271 e. The van der Waals surface area contributed by atoms with Crippen molar-refractivity contribution in [2.45, 2.75) is 13.8 Å². The van der Waals surface area contributed by atoms with Crippen molar-refractivity contribution in [2.24, 2.45) is 11.0 Å². The van der Waals surface area contributed by atoms with E-state index in [0.717, 1.165) is 17.1 Å². The molecule has 2 aromatic carbocycles. The van der Waals surface area contributed by atoms with E-state index in [1.807, 2.05) is 24.3 Å². The highest BCUT2D eigenvalue weighted by molar-refractivity contribution is 5.95. The zero-order valence-corrected chi connectivity index (χ0v) is 14.2. The summed E-state index contributed by atoms with van der Waals surface area (Å²) in [5.41, 5.74) is 3.90. The Kier molecular flexibility index (Phi) is 6.37. The normalized spacial score (nSPS) is 10.8. The van der Waals surface area contributed by atoms with E-state index in [4.69, 9.17) is 9.47 Å². The van der Waals surface area contributed by atoms with Crippen LogP contribution in [0.1, 0.15) is 29.8 Å². The summed E-state index contributed by atoms with van der Waals surface area (Å²) < 4.78 is 10.7. The largest absolute Gasteiger partial charge is 0.497 e. The molecule has 5 nitrogen and oxygen atoms in total. The summed E-state index contributed by atoms with van der Waals surface area (Å²) >= 11 is 0. The third kappa shape index (κ3) is 5.43. The van der Waals surface area contributed by atoms with Gasteiger partial charge in [-0.15, -0.1) is 0 Å². The summed E-state index contributed by atoms with van der Waals surface area (Å²) in [5, 5.41) is 3.96. The number of carbonyl (C=O) groups is 1. The second-order valence-electron chi connectivity index (χ2n) is 5.70. The second kappa shape index (κ2) is 8.72. The molecule has 0 atom stereocenters. The standard InChI is InChI=1S/C19H22N2O3/c1-14(2)13-24-18-10-6-16(7-11-18)19(22)21-20-12-15-4-8-17(23-3)9-5-15/h4-12,14H,13H2,1-3H3,(H,21,22)/b20-12+. The van der Waals surface area contributed by atoms with Gasteiger partial charge in [-0.05, 0) is 60.0 Å². The first-order valence-electron chi connectivity index (χ1n) is 7.79. The Labute approximate surface area is 142 Å². The fourth-order valence-electron chi connectivity index (χ4n) is 1.89. The zero-order chi connectivity index (χ0) is 17.4. The molecule has 2 rings (SSSR count). The van der Waals surface area contributed by atoms with Crippen LogP contribution in [0.4, 0.5) is 0 Å². The van der Waals surface area contributed by atoms with E-state index in [2.05, 4.69) is 24.4 Å². The van der Waals surface area contributed by atoms with Gasteiger partial charge < -0.3 is 9.47 Å². The molecule has 24 heavy (non-hydrogen) atoms. The van der Waals surface area contributed by atoms with Crippen LogP contribution in [0, 0.1) is 5.92 Å². The topological polar surface area (TPSA) is 59.9 Å². The van der Waals surface area contributed by atoms with Crippen LogP contribution in [0.5, 0.6) is 11.5 Å². The number of methoxy groups -OCH3 is 1. The number of carbonyl (C=O) groups excluding carboxylic acids is 1. The van der Waals surface area contributed by atoms with Gasteiger partial charge in [0.25, 0.3) is 5.91 Å². The minimum absolute atomic E-state index is 0.268. The Morgan fingerprint density at radius 2 is 1.71 bits per heavy atom. The van der Waals surface area contributed by atoms with E-state index in [0.29, 0.717) is 18.1 Å². The lowest BCUT2D eigenvalue weighted by Gasteiger charge is -2.08. The van der Waals surface area contributed by atoms with Crippen LogP contribution in [0.3, 0.4) is 0 Å².